The minimum absolute atomic E-state index is 0.00479. The molecule has 1 unspecified atom stereocenters. The maximum Gasteiger partial charge on any atom is 0.273 e. The first kappa shape index (κ1) is 15.8. The summed E-state index contributed by atoms with van der Waals surface area (Å²) in [7, 11) is 1.55. The zero-order valence-electron chi connectivity index (χ0n) is 12.4. The molecule has 0 aliphatic rings. The highest BCUT2D eigenvalue weighted by Gasteiger charge is 2.13. The Kier molecular flexibility index (Phi) is 4.95. The summed E-state index contributed by atoms with van der Waals surface area (Å²) in [6, 6.07) is 11.4. The molecule has 0 spiro atoms. The maximum absolute atomic E-state index is 10.8. The van der Waals surface area contributed by atoms with Gasteiger partial charge >= 0.3 is 0 Å². The number of ether oxygens (including phenoxy) is 2. The van der Waals surface area contributed by atoms with E-state index >= 15 is 0 Å². The monoisotopic (exact) mass is 303 g/mol. The van der Waals surface area contributed by atoms with Gasteiger partial charge in [-0.3, -0.25) is 10.1 Å². The Bertz CT molecular complexity index is 671. The minimum atomic E-state index is -0.853. The summed E-state index contributed by atoms with van der Waals surface area (Å²) in [4.78, 5) is 10.3. The van der Waals surface area contributed by atoms with Crippen LogP contribution >= 0.6 is 0 Å². The summed E-state index contributed by atoms with van der Waals surface area (Å²) in [6.07, 6.45) is -0.853. The molecule has 0 saturated heterocycles. The van der Waals surface area contributed by atoms with E-state index in [1.54, 1.807) is 44.4 Å². The van der Waals surface area contributed by atoms with Crippen molar-refractivity contribution in [1.29, 1.82) is 0 Å². The van der Waals surface area contributed by atoms with E-state index in [2.05, 4.69) is 0 Å². The Morgan fingerprint density at radius 3 is 2.73 bits per heavy atom. The van der Waals surface area contributed by atoms with Crippen LogP contribution in [0.5, 0.6) is 11.5 Å². The van der Waals surface area contributed by atoms with E-state index in [0.717, 1.165) is 5.56 Å². The molecule has 2 aromatic rings. The van der Waals surface area contributed by atoms with E-state index < -0.39 is 11.0 Å². The number of aliphatic hydroxyl groups is 1. The topological polar surface area (TPSA) is 81.8 Å². The summed E-state index contributed by atoms with van der Waals surface area (Å²) in [5.74, 6) is 1.03. The lowest BCUT2D eigenvalue weighted by molar-refractivity contribution is -0.385. The van der Waals surface area contributed by atoms with Crippen molar-refractivity contribution in [2.45, 2.75) is 13.0 Å². The fraction of sp³-hybridized carbons (Fsp3) is 0.250. The number of hydrogen-bond acceptors (Lipinski definition) is 5. The standard InChI is InChI=1S/C16H17NO5/c1-11-6-7-13(17(19)20)9-16(11)22-10-15(18)12-4-3-5-14(8-12)21-2/h3-9,15,18H,10H2,1-2H3. The van der Waals surface area contributed by atoms with Gasteiger partial charge in [-0.25, -0.2) is 0 Å². The molecule has 0 fully saturated rings. The molecule has 1 atom stereocenters. The first-order valence-electron chi connectivity index (χ1n) is 6.71. The number of aliphatic hydroxyl groups excluding tert-OH is 1. The highest BCUT2D eigenvalue weighted by atomic mass is 16.6. The third-order valence-electron chi connectivity index (χ3n) is 3.26. The van der Waals surface area contributed by atoms with Gasteiger partial charge in [0.15, 0.2) is 0 Å². The quantitative estimate of drug-likeness (QED) is 0.655. The second kappa shape index (κ2) is 6.91. The van der Waals surface area contributed by atoms with Crippen LogP contribution in [0.25, 0.3) is 0 Å². The van der Waals surface area contributed by atoms with E-state index in [1.807, 2.05) is 0 Å². The van der Waals surface area contributed by atoms with Crippen molar-refractivity contribution in [3.05, 3.63) is 63.7 Å². The van der Waals surface area contributed by atoms with Crippen LogP contribution in [-0.2, 0) is 0 Å². The average Bonchev–Trinajstić information content (AvgIpc) is 2.53. The van der Waals surface area contributed by atoms with Crippen LogP contribution in [0.1, 0.15) is 17.2 Å². The predicted octanol–water partition coefficient (Wildman–Crippen LogP) is 3.02. The molecule has 0 aliphatic heterocycles. The van der Waals surface area contributed by atoms with Gasteiger partial charge in [-0.15, -0.1) is 0 Å². The first-order valence-corrected chi connectivity index (χ1v) is 6.71. The summed E-state index contributed by atoms with van der Waals surface area (Å²) >= 11 is 0. The fourth-order valence-electron chi connectivity index (χ4n) is 1.97. The molecule has 0 heterocycles. The fourth-order valence-corrected chi connectivity index (χ4v) is 1.97. The van der Waals surface area contributed by atoms with Crippen LogP contribution in [0.2, 0.25) is 0 Å². The number of non-ortho nitro benzene ring substituents is 1. The molecular formula is C16H17NO5. The van der Waals surface area contributed by atoms with E-state index in [-0.39, 0.29) is 12.3 Å². The van der Waals surface area contributed by atoms with Crippen LogP contribution < -0.4 is 9.47 Å². The molecule has 2 aromatic carbocycles. The maximum atomic E-state index is 10.8. The van der Waals surface area contributed by atoms with Crippen molar-refractivity contribution in [3.8, 4) is 11.5 Å². The highest BCUT2D eigenvalue weighted by Crippen LogP contribution is 2.26. The largest absolute Gasteiger partial charge is 0.497 e. The van der Waals surface area contributed by atoms with Crippen molar-refractivity contribution in [2.24, 2.45) is 0 Å². The number of aryl methyl sites for hydroxylation is 1. The first-order chi connectivity index (χ1) is 10.5. The molecule has 2 rings (SSSR count). The lowest BCUT2D eigenvalue weighted by atomic mass is 10.1. The molecule has 116 valence electrons. The molecule has 0 aliphatic carbocycles. The number of benzene rings is 2. The average molecular weight is 303 g/mol. The number of nitrogens with zero attached hydrogens (tertiary/aromatic N) is 1. The van der Waals surface area contributed by atoms with Gasteiger partial charge in [-0.2, -0.15) is 0 Å². The van der Waals surface area contributed by atoms with E-state index in [0.29, 0.717) is 17.1 Å². The Labute approximate surface area is 128 Å². The predicted molar refractivity (Wildman–Crippen MR) is 81.3 cm³/mol. The van der Waals surface area contributed by atoms with Gasteiger partial charge in [0.1, 0.15) is 24.2 Å². The van der Waals surface area contributed by atoms with Crippen LogP contribution in [0.3, 0.4) is 0 Å². The molecule has 0 saturated carbocycles. The van der Waals surface area contributed by atoms with E-state index in [4.69, 9.17) is 9.47 Å². The highest BCUT2D eigenvalue weighted by molar-refractivity contribution is 5.43. The lowest BCUT2D eigenvalue weighted by Crippen LogP contribution is -2.10. The van der Waals surface area contributed by atoms with Crippen molar-refractivity contribution >= 4 is 5.69 Å². The van der Waals surface area contributed by atoms with Gasteiger partial charge in [-0.1, -0.05) is 12.1 Å². The Morgan fingerprint density at radius 2 is 2.05 bits per heavy atom. The Balaban J connectivity index is 2.08. The summed E-state index contributed by atoms with van der Waals surface area (Å²) < 4.78 is 10.6. The normalized spacial score (nSPS) is 11.8. The van der Waals surface area contributed by atoms with Crippen LogP contribution in [0.4, 0.5) is 5.69 Å². The van der Waals surface area contributed by atoms with Crippen molar-refractivity contribution < 1.29 is 19.5 Å². The number of hydrogen-bond donors (Lipinski definition) is 1. The van der Waals surface area contributed by atoms with Gasteiger partial charge in [0, 0.05) is 6.07 Å². The molecule has 22 heavy (non-hydrogen) atoms. The van der Waals surface area contributed by atoms with Crippen molar-refractivity contribution in [3.63, 3.8) is 0 Å². The second-order valence-corrected chi connectivity index (χ2v) is 4.81. The number of methoxy groups -OCH3 is 1. The Hall–Kier alpha value is -2.60. The lowest BCUT2D eigenvalue weighted by Gasteiger charge is -2.14. The van der Waals surface area contributed by atoms with E-state index in [9.17, 15) is 15.2 Å². The molecule has 0 radical (unpaired) electrons. The number of nitro benzene ring substituents is 1. The molecule has 6 heteroatoms. The third-order valence-corrected chi connectivity index (χ3v) is 3.26. The van der Waals surface area contributed by atoms with Gasteiger partial charge in [0.2, 0.25) is 0 Å². The molecular weight excluding hydrogens is 286 g/mol. The number of nitro groups is 1. The Morgan fingerprint density at radius 1 is 1.27 bits per heavy atom. The van der Waals surface area contributed by atoms with Crippen molar-refractivity contribution in [2.75, 3.05) is 13.7 Å². The van der Waals surface area contributed by atoms with Gasteiger partial charge in [0.05, 0.1) is 18.1 Å². The van der Waals surface area contributed by atoms with Gasteiger partial charge < -0.3 is 14.6 Å². The molecule has 6 nitrogen and oxygen atoms in total. The molecule has 0 bridgehead atoms. The van der Waals surface area contributed by atoms with Gasteiger partial charge in [0.25, 0.3) is 5.69 Å². The minimum Gasteiger partial charge on any atom is -0.497 e. The third kappa shape index (κ3) is 3.73. The summed E-state index contributed by atoms with van der Waals surface area (Å²) in [6.45, 7) is 1.78. The second-order valence-electron chi connectivity index (χ2n) is 4.81. The van der Waals surface area contributed by atoms with E-state index in [1.165, 1.54) is 12.1 Å². The van der Waals surface area contributed by atoms with Crippen LogP contribution in [0.15, 0.2) is 42.5 Å². The smallest absolute Gasteiger partial charge is 0.273 e. The SMILES string of the molecule is COc1cccc(C(O)COc2cc([N+](=O)[O-])ccc2C)c1. The zero-order valence-corrected chi connectivity index (χ0v) is 12.4. The summed E-state index contributed by atoms with van der Waals surface area (Å²) in [5, 5.41) is 20.9. The van der Waals surface area contributed by atoms with Crippen LogP contribution in [0, 0.1) is 17.0 Å². The van der Waals surface area contributed by atoms with Crippen molar-refractivity contribution in [1.82, 2.24) is 0 Å². The summed E-state index contributed by atoms with van der Waals surface area (Å²) in [5.41, 5.74) is 1.38. The molecule has 0 aromatic heterocycles. The number of rotatable bonds is 6. The molecule has 1 N–H and O–H groups in total. The van der Waals surface area contributed by atoms with Crippen LogP contribution in [-0.4, -0.2) is 23.7 Å². The zero-order chi connectivity index (χ0) is 16.1. The van der Waals surface area contributed by atoms with Gasteiger partial charge in [-0.05, 0) is 36.2 Å². The molecule has 0 amide bonds.